The number of amides is 1. The predicted molar refractivity (Wildman–Crippen MR) is 131 cm³/mol. The second kappa shape index (κ2) is 10.8. The number of carbonyl (C=O) groups excluding carboxylic acids is 2. The second-order valence-corrected chi connectivity index (χ2v) is 16.3. The Kier molecular flexibility index (Phi) is 9.54. The minimum atomic E-state index is -1.92. The predicted octanol–water partition coefficient (Wildman–Crippen LogP) is 6.06. The molecule has 1 amide bonds. The zero-order chi connectivity index (χ0) is 24.8. The number of ether oxygens (including phenoxy) is 2. The van der Waals surface area contributed by atoms with Gasteiger partial charge in [-0.15, -0.1) is 0 Å². The number of benzene rings is 1. The standard InChI is InChI=1S/C25H43NO5Si/c1-23(2,3)31-22(28)26-20(21(27)29-18-19-14-12-11-13-15-19)25(7,8)16-17-30-32(9,10)24(4,5)6/h11-15,20H,16-18H2,1-10H3,(H,26,28). The Morgan fingerprint density at radius 3 is 2.03 bits per heavy atom. The van der Waals surface area contributed by atoms with Crippen molar-refractivity contribution in [1.29, 1.82) is 0 Å². The van der Waals surface area contributed by atoms with Crippen molar-refractivity contribution >= 4 is 20.4 Å². The fraction of sp³-hybridized carbons (Fsp3) is 0.680. The SMILES string of the molecule is CC(C)(C)OC(=O)NC(C(=O)OCc1ccccc1)C(C)(C)CCO[Si](C)(C)C(C)(C)C. The molecule has 0 aliphatic rings. The summed E-state index contributed by atoms with van der Waals surface area (Å²) in [5, 5.41) is 2.84. The van der Waals surface area contributed by atoms with Gasteiger partial charge < -0.3 is 19.2 Å². The summed E-state index contributed by atoms with van der Waals surface area (Å²) >= 11 is 0. The molecule has 0 fully saturated rings. The van der Waals surface area contributed by atoms with Crippen LogP contribution < -0.4 is 5.32 Å². The number of rotatable bonds is 9. The lowest BCUT2D eigenvalue weighted by atomic mass is 9.81. The number of hydrogen-bond acceptors (Lipinski definition) is 5. The van der Waals surface area contributed by atoms with Crippen molar-refractivity contribution in [2.45, 2.75) is 98.2 Å². The first kappa shape index (κ1) is 28.2. The Hall–Kier alpha value is -1.86. The van der Waals surface area contributed by atoms with Gasteiger partial charge in [0.1, 0.15) is 18.2 Å². The largest absolute Gasteiger partial charge is 0.459 e. The molecule has 0 aromatic heterocycles. The summed E-state index contributed by atoms with van der Waals surface area (Å²) in [6.07, 6.45) is -0.0574. The molecule has 1 unspecified atom stereocenters. The average molecular weight is 466 g/mol. The van der Waals surface area contributed by atoms with Crippen LogP contribution in [0.2, 0.25) is 18.1 Å². The van der Waals surface area contributed by atoms with E-state index in [1.807, 2.05) is 44.2 Å². The highest BCUT2D eigenvalue weighted by molar-refractivity contribution is 6.74. The summed E-state index contributed by atoms with van der Waals surface area (Å²) in [4.78, 5) is 25.6. The molecule has 1 N–H and O–H groups in total. The summed E-state index contributed by atoms with van der Waals surface area (Å²) in [5.74, 6) is -0.489. The molecular weight excluding hydrogens is 422 g/mol. The molecule has 7 heteroatoms. The van der Waals surface area contributed by atoms with Crippen molar-refractivity contribution in [3.63, 3.8) is 0 Å². The van der Waals surface area contributed by atoms with Crippen LogP contribution in [0.5, 0.6) is 0 Å². The van der Waals surface area contributed by atoms with Crippen molar-refractivity contribution in [3.8, 4) is 0 Å². The van der Waals surface area contributed by atoms with Crippen LogP contribution in [0.25, 0.3) is 0 Å². The van der Waals surface area contributed by atoms with Gasteiger partial charge in [-0.25, -0.2) is 9.59 Å². The first-order chi connectivity index (χ1) is 14.4. The number of nitrogens with one attached hydrogen (secondary N) is 1. The third-order valence-electron chi connectivity index (χ3n) is 5.92. The monoisotopic (exact) mass is 465 g/mol. The first-order valence-corrected chi connectivity index (χ1v) is 14.2. The minimum Gasteiger partial charge on any atom is -0.459 e. The molecule has 0 aliphatic heterocycles. The molecule has 1 atom stereocenters. The van der Waals surface area contributed by atoms with Gasteiger partial charge in [0.2, 0.25) is 0 Å². The van der Waals surface area contributed by atoms with E-state index in [1.54, 1.807) is 20.8 Å². The Labute approximate surface area is 195 Å². The van der Waals surface area contributed by atoms with Gasteiger partial charge in [-0.05, 0) is 56.3 Å². The van der Waals surface area contributed by atoms with E-state index in [4.69, 9.17) is 13.9 Å². The fourth-order valence-electron chi connectivity index (χ4n) is 2.74. The molecule has 1 aromatic carbocycles. The highest BCUT2D eigenvalue weighted by Crippen LogP contribution is 2.37. The highest BCUT2D eigenvalue weighted by Gasteiger charge is 2.41. The maximum atomic E-state index is 13.1. The van der Waals surface area contributed by atoms with Crippen LogP contribution >= 0.6 is 0 Å². The van der Waals surface area contributed by atoms with E-state index in [1.165, 1.54) is 0 Å². The Balaban J connectivity index is 2.93. The molecule has 0 saturated carbocycles. The van der Waals surface area contributed by atoms with E-state index in [0.717, 1.165) is 5.56 Å². The molecule has 1 aromatic rings. The maximum absolute atomic E-state index is 13.1. The maximum Gasteiger partial charge on any atom is 0.408 e. The molecule has 0 saturated heterocycles. The third-order valence-corrected chi connectivity index (χ3v) is 10.5. The summed E-state index contributed by atoms with van der Waals surface area (Å²) in [5.41, 5.74) is -0.387. The molecular formula is C25H43NO5Si. The lowest BCUT2D eigenvalue weighted by Crippen LogP contribution is -2.52. The molecule has 1 rings (SSSR count). The smallest absolute Gasteiger partial charge is 0.408 e. The van der Waals surface area contributed by atoms with E-state index in [2.05, 4.69) is 39.2 Å². The van der Waals surface area contributed by atoms with Gasteiger partial charge >= 0.3 is 12.1 Å². The molecule has 182 valence electrons. The molecule has 32 heavy (non-hydrogen) atoms. The summed E-state index contributed by atoms with van der Waals surface area (Å²) in [6, 6.07) is 8.60. The van der Waals surface area contributed by atoms with Gasteiger partial charge in [-0.3, -0.25) is 0 Å². The Morgan fingerprint density at radius 2 is 1.53 bits per heavy atom. The molecule has 0 bridgehead atoms. The van der Waals surface area contributed by atoms with Gasteiger partial charge in [-0.2, -0.15) is 0 Å². The van der Waals surface area contributed by atoms with Gasteiger partial charge in [0.15, 0.2) is 8.32 Å². The number of carbonyl (C=O) groups is 2. The number of hydrogen-bond donors (Lipinski definition) is 1. The van der Waals surface area contributed by atoms with E-state index in [9.17, 15) is 9.59 Å². The zero-order valence-electron chi connectivity index (χ0n) is 21.6. The second-order valence-electron chi connectivity index (χ2n) is 11.5. The van der Waals surface area contributed by atoms with Crippen molar-refractivity contribution in [2.24, 2.45) is 5.41 Å². The number of esters is 1. The molecule has 6 nitrogen and oxygen atoms in total. The van der Waals surface area contributed by atoms with Gasteiger partial charge in [0.25, 0.3) is 0 Å². The Bertz CT molecular complexity index is 748. The van der Waals surface area contributed by atoms with Gasteiger partial charge in [0, 0.05) is 6.61 Å². The zero-order valence-corrected chi connectivity index (χ0v) is 22.6. The van der Waals surface area contributed by atoms with E-state index < -0.39 is 37.4 Å². The van der Waals surface area contributed by atoms with E-state index >= 15 is 0 Å². The van der Waals surface area contributed by atoms with Crippen LogP contribution in [0.4, 0.5) is 4.79 Å². The average Bonchev–Trinajstić information content (AvgIpc) is 2.62. The summed E-state index contributed by atoms with van der Waals surface area (Å²) in [7, 11) is -1.92. The Morgan fingerprint density at radius 1 is 0.969 bits per heavy atom. The van der Waals surface area contributed by atoms with Crippen LogP contribution in [0.1, 0.15) is 67.4 Å². The van der Waals surface area contributed by atoms with Crippen LogP contribution in [0, 0.1) is 5.41 Å². The highest BCUT2D eigenvalue weighted by atomic mass is 28.4. The van der Waals surface area contributed by atoms with Crippen LogP contribution in [0.15, 0.2) is 30.3 Å². The van der Waals surface area contributed by atoms with Crippen LogP contribution in [-0.4, -0.2) is 38.6 Å². The van der Waals surface area contributed by atoms with Crippen molar-refractivity contribution in [1.82, 2.24) is 5.32 Å². The van der Waals surface area contributed by atoms with Crippen LogP contribution in [-0.2, 0) is 25.3 Å². The molecule has 0 radical (unpaired) electrons. The van der Waals surface area contributed by atoms with Crippen molar-refractivity contribution in [2.75, 3.05) is 6.61 Å². The van der Waals surface area contributed by atoms with Gasteiger partial charge in [-0.1, -0.05) is 65.0 Å². The lowest BCUT2D eigenvalue weighted by molar-refractivity contribution is -0.151. The molecule has 0 heterocycles. The molecule has 0 aliphatic carbocycles. The normalized spacial score (nSPS) is 13.9. The summed E-state index contributed by atoms with van der Waals surface area (Å²) < 4.78 is 17.3. The summed E-state index contributed by atoms with van der Waals surface area (Å²) in [6.45, 7) is 20.9. The van der Waals surface area contributed by atoms with E-state index in [-0.39, 0.29) is 11.6 Å². The topological polar surface area (TPSA) is 73.9 Å². The van der Waals surface area contributed by atoms with E-state index in [0.29, 0.717) is 13.0 Å². The first-order valence-electron chi connectivity index (χ1n) is 11.3. The lowest BCUT2D eigenvalue weighted by Gasteiger charge is -2.38. The van der Waals surface area contributed by atoms with Crippen molar-refractivity contribution < 1.29 is 23.5 Å². The fourth-order valence-corrected chi connectivity index (χ4v) is 3.79. The third kappa shape index (κ3) is 9.33. The van der Waals surface area contributed by atoms with Gasteiger partial charge in [0.05, 0.1) is 0 Å². The quantitative estimate of drug-likeness (QED) is 0.354. The minimum absolute atomic E-state index is 0.0971. The molecule has 0 spiro atoms. The van der Waals surface area contributed by atoms with Crippen LogP contribution in [0.3, 0.4) is 0 Å². The number of alkyl carbamates (subject to hydrolysis) is 1. The van der Waals surface area contributed by atoms with Crippen molar-refractivity contribution in [3.05, 3.63) is 35.9 Å².